The Morgan fingerprint density at radius 1 is 1.71 bits per heavy atom. The van der Waals surface area contributed by atoms with E-state index in [4.69, 9.17) is 22.1 Å². The number of carbonyl (C=O) groups is 1. The zero-order chi connectivity index (χ0) is 10.6. The summed E-state index contributed by atoms with van der Waals surface area (Å²) in [6.07, 6.45) is 0. The van der Waals surface area contributed by atoms with Crippen LogP contribution in [0, 0.1) is 0 Å². The molecule has 14 heavy (non-hydrogen) atoms. The molecule has 0 fully saturated rings. The van der Waals surface area contributed by atoms with Gasteiger partial charge in [-0.05, 0) is 13.0 Å². The van der Waals surface area contributed by atoms with Crippen LogP contribution in [0.1, 0.15) is 6.92 Å². The van der Waals surface area contributed by atoms with Crippen LogP contribution in [-0.2, 0) is 16.1 Å². The molecule has 0 saturated carbocycles. The topological polar surface area (TPSA) is 69.1 Å². The van der Waals surface area contributed by atoms with Gasteiger partial charge in [-0.15, -0.1) is 4.68 Å². The van der Waals surface area contributed by atoms with Gasteiger partial charge >= 0.3 is 5.97 Å². The first-order valence-electron chi connectivity index (χ1n) is 4.11. The molecule has 0 saturated heterocycles. The summed E-state index contributed by atoms with van der Waals surface area (Å²) in [5.74, 6) is -0.0265. The SMILES string of the molecule is CCOC(=O)C[n+]1nc(Cl)ccc1N. The highest BCUT2D eigenvalue weighted by Crippen LogP contribution is 2.01. The second-order valence-electron chi connectivity index (χ2n) is 2.54. The maximum absolute atomic E-state index is 11.1. The van der Waals surface area contributed by atoms with E-state index in [2.05, 4.69) is 5.10 Å². The lowest BCUT2D eigenvalue weighted by atomic mass is 10.5. The van der Waals surface area contributed by atoms with Gasteiger partial charge in [0.2, 0.25) is 6.54 Å². The minimum Gasteiger partial charge on any atom is -0.463 e. The van der Waals surface area contributed by atoms with Gasteiger partial charge in [-0.25, -0.2) is 4.79 Å². The Bertz CT molecular complexity index is 343. The van der Waals surface area contributed by atoms with Gasteiger partial charge in [0.05, 0.1) is 6.61 Å². The van der Waals surface area contributed by atoms with Gasteiger partial charge in [0.25, 0.3) is 5.82 Å². The number of hydrogen-bond acceptors (Lipinski definition) is 4. The summed E-state index contributed by atoms with van der Waals surface area (Å²) < 4.78 is 6.03. The number of nitrogens with two attached hydrogens (primary N) is 1. The third-order valence-corrected chi connectivity index (χ3v) is 1.69. The fourth-order valence-electron chi connectivity index (χ4n) is 0.902. The van der Waals surface area contributed by atoms with E-state index >= 15 is 0 Å². The number of esters is 1. The highest BCUT2D eigenvalue weighted by molar-refractivity contribution is 6.29. The van der Waals surface area contributed by atoms with Crippen molar-refractivity contribution in [3.8, 4) is 0 Å². The lowest BCUT2D eigenvalue weighted by Crippen LogP contribution is -2.44. The third-order valence-electron chi connectivity index (χ3n) is 1.49. The number of nitrogens with zero attached hydrogens (tertiary/aromatic N) is 2. The number of aromatic nitrogens is 2. The van der Waals surface area contributed by atoms with E-state index in [9.17, 15) is 4.79 Å². The largest absolute Gasteiger partial charge is 0.463 e. The third kappa shape index (κ3) is 2.85. The first-order valence-corrected chi connectivity index (χ1v) is 4.49. The average Bonchev–Trinajstić information content (AvgIpc) is 2.12. The van der Waals surface area contributed by atoms with Gasteiger partial charge in [0.1, 0.15) is 0 Å². The number of nitrogen functional groups attached to an aromatic ring is 1. The molecule has 0 amide bonds. The molecule has 0 aliphatic carbocycles. The molecule has 0 unspecified atom stereocenters. The molecule has 0 aliphatic heterocycles. The Balaban J connectivity index is 2.75. The Morgan fingerprint density at radius 3 is 3.07 bits per heavy atom. The zero-order valence-corrected chi connectivity index (χ0v) is 8.49. The van der Waals surface area contributed by atoms with Crippen LogP contribution in [0.2, 0.25) is 5.15 Å². The molecule has 1 aromatic heterocycles. The summed E-state index contributed by atoms with van der Waals surface area (Å²) >= 11 is 5.64. The number of halogens is 1. The fourth-order valence-corrected chi connectivity index (χ4v) is 1.06. The molecule has 1 aromatic rings. The van der Waals surface area contributed by atoms with Crippen molar-refractivity contribution < 1.29 is 14.2 Å². The fraction of sp³-hybridized carbons (Fsp3) is 0.375. The Kier molecular flexibility index (Phi) is 3.64. The van der Waals surface area contributed by atoms with Gasteiger partial charge in [-0.1, -0.05) is 16.7 Å². The molecule has 2 N–H and O–H groups in total. The minimum absolute atomic E-state index is 0.0275. The molecule has 0 bridgehead atoms. The predicted molar refractivity (Wildman–Crippen MR) is 50.5 cm³/mol. The molecule has 76 valence electrons. The monoisotopic (exact) mass is 216 g/mol. The minimum atomic E-state index is -0.390. The van der Waals surface area contributed by atoms with Crippen molar-refractivity contribution >= 4 is 23.4 Å². The Labute approximate surface area is 86.4 Å². The van der Waals surface area contributed by atoms with Gasteiger partial charge < -0.3 is 4.74 Å². The number of hydrogen-bond donors (Lipinski definition) is 1. The quantitative estimate of drug-likeness (QED) is 0.578. The van der Waals surface area contributed by atoms with E-state index in [1.807, 2.05) is 0 Å². The highest BCUT2D eigenvalue weighted by atomic mass is 35.5. The van der Waals surface area contributed by atoms with Crippen molar-refractivity contribution in [2.75, 3.05) is 12.3 Å². The summed E-state index contributed by atoms with van der Waals surface area (Å²) in [4.78, 5) is 11.1. The summed E-state index contributed by atoms with van der Waals surface area (Å²) in [7, 11) is 0. The summed E-state index contributed by atoms with van der Waals surface area (Å²) in [6.45, 7) is 2.04. The van der Waals surface area contributed by atoms with Crippen LogP contribution in [0.15, 0.2) is 12.1 Å². The molecule has 0 spiro atoms. The first-order chi connectivity index (χ1) is 6.63. The van der Waals surface area contributed by atoms with Crippen LogP contribution < -0.4 is 10.4 Å². The molecular weight excluding hydrogens is 206 g/mol. The highest BCUT2D eigenvalue weighted by Gasteiger charge is 2.12. The van der Waals surface area contributed by atoms with E-state index < -0.39 is 0 Å². The van der Waals surface area contributed by atoms with Crippen molar-refractivity contribution in [2.45, 2.75) is 13.5 Å². The first kappa shape index (κ1) is 10.7. The molecule has 6 heteroatoms. The van der Waals surface area contributed by atoms with Crippen LogP contribution in [0.25, 0.3) is 0 Å². The van der Waals surface area contributed by atoms with Gasteiger partial charge in [-0.2, -0.15) is 0 Å². The van der Waals surface area contributed by atoms with Gasteiger partial charge in [-0.3, -0.25) is 5.73 Å². The van der Waals surface area contributed by atoms with Crippen molar-refractivity contribution in [3.05, 3.63) is 17.3 Å². The maximum Gasteiger partial charge on any atom is 0.350 e. The number of carbonyl (C=O) groups excluding carboxylic acids is 1. The molecule has 0 aliphatic rings. The van der Waals surface area contributed by atoms with Crippen LogP contribution in [-0.4, -0.2) is 17.7 Å². The molecule has 1 heterocycles. The lowest BCUT2D eigenvalue weighted by Gasteiger charge is -2.01. The normalized spacial score (nSPS) is 9.86. The standard InChI is InChI=1S/C8H10ClN3O2/c1-2-14-8(13)5-12-7(10)4-3-6(9)11-12/h3-4,10H,2,5H2,1H3/p+1. The second-order valence-corrected chi connectivity index (χ2v) is 2.93. The predicted octanol–water partition coefficient (Wildman–Crippen LogP) is 0.168. The van der Waals surface area contributed by atoms with E-state index in [-0.39, 0.29) is 17.7 Å². The molecule has 1 rings (SSSR count). The van der Waals surface area contributed by atoms with E-state index in [1.165, 1.54) is 4.68 Å². The van der Waals surface area contributed by atoms with E-state index in [0.29, 0.717) is 12.4 Å². The van der Waals surface area contributed by atoms with Crippen molar-refractivity contribution in [3.63, 3.8) is 0 Å². The Morgan fingerprint density at radius 2 is 2.43 bits per heavy atom. The zero-order valence-electron chi connectivity index (χ0n) is 7.74. The number of anilines is 1. The lowest BCUT2D eigenvalue weighted by molar-refractivity contribution is -0.729. The molecule has 0 aromatic carbocycles. The van der Waals surface area contributed by atoms with Crippen LogP contribution in [0.5, 0.6) is 0 Å². The van der Waals surface area contributed by atoms with Crippen LogP contribution in [0.4, 0.5) is 5.82 Å². The molecule has 0 atom stereocenters. The van der Waals surface area contributed by atoms with E-state index in [0.717, 1.165) is 0 Å². The summed E-state index contributed by atoms with van der Waals surface area (Å²) in [5.41, 5.74) is 5.57. The summed E-state index contributed by atoms with van der Waals surface area (Å²) in [5, 5.41) is 4.13. The maximum atomic E-state index is 11.1. The molecular formula is C8H11ClN3O2+. The van der Waals surface area contributed by atoms with Gasteiger partial charge in [0, 0.05) is 6.07 Å². The Hall–Kier alpha value is -1.36. The smallest absolute Gasteiger partial charge is 0.350 e. The molecule has 0 radical (unpaired) electrons. The average molecular weight is 217 g/mol. The number of ether oxygens (including phenoxy) is 1. The van der Waals surface area contributed by atoms with Crippen LogP contribution >= 0.6 is 11.6 Å². The number of rotatable bonds is 3. The molecule has 5 nitrogen and oxygen atoms in total. The summed E-state index contributed by atoms with van der Waals surface area (Å²) in [6, 6.07) is 3.13. The van der Waals surface area contributed by atoms with Crippen LogP contribution in [0.3, 0.4) is 0 Å². The van der Waals surface area contributed by atoms with Crippen molar-refractivity contribution in [1.29, 1.82) is 0 Å². The van der Waals surface area contributed by atoms with Gasteiger partial charge in [0.15, 0.2) is 5.15 Å². The second kappa shape index (κ2) is 4.76. The van der Waals surface area contributed by atoms with Crippen molar-refractivity contribution in [2.24, 2.45) is 0 Å². The van der Waals surface area contributed by atoms with Crippen molar-refractivity contribution in [1.82, 2.24) is 5.10 Å². The van der Waals surface area contributed by atoms with E-state index in [1.54, 1.807) is 19.1 Å².